The van der Waals surface area contributed by atoms with E-state index < -0.39 is 0 Å². The Morgan fingerprint density at radius 2 is 1.86 bits per heavy atom. The van der Waals surface area contributed by atoms with Gasteiger partial charge in [0.05, 0.1) is 20.4 Å². The van der Waals surface area contributed by atoms with Gasteiger partial charge in [0.25, 0.3) is 0 Å². The first-order valence-electron chi connectivity index (χ1n) is 9.10. The van der Waals surface area contributed by atoms with Crippen LogP contribution < -0.4 is 9.47 Å². The number of thioether (sulfide) groups is 1. The molecule has 0 bridgehead atoms. The average Bonchev–Trinajstić information content (AvgIpc) is 3.14. The van der Waals surface area contributed by atoms with E-state index >= 15 is 0 Å². The number of aromatic nitrogens is 3. The molecule has 0 spiro atoms. The van der Waals surface area contributed by atoms with Gasteiger partial charge in [-0.05, 0) is 35.9 Å². The highest BCUT2D eigenvalue weighted by Gasteiger charge is 2.15. The number of methoxy groups -OCH3 is 2. The third-order valence-electron chi connectivity index (χ3n) is 4.18. The third kappa shape index (κ3) is 5.39. The van der Waals surface area contributed by atoms with Crippen molar-refractivity contribution in [2.24, 2.45) is 5.10 Å². The largest absolute Gasteiger partial charge is 0.497 e. The van der Waals surface area contributed by atoms with E-state index in [0.29, 0.717) is 0 Å². The van der Waals surface area contributed by atoms with E-state index in [2.05, 4.69) is 57.2 Å². The summed E-state index contributed by atoms with van der Waals surface area (Å²) in [5.41, 5.74) is 2.02. The summed E-state index contributed by atoms with van der Waals surface area (Å²) >= 11 is 5.07. The smallest absolute Gasteiger partial charge is 0.212 e. The van der Waals surface area contributed by atoms with E-state index in [4.69, 9.17) is 9.47 Å². The number of rotatable bonds is 8. The van der Waals surface area contributed by atoms with Gasteiger partial charge in [0.1, 0.15) is 11.5 Å². The highest BCUT2D eigenvalue weighted by atomic mass is 79.9. The molecule has 2 aromatic carbocycles. The summed E-state index contributed by atoms with van der Waals surface area (Å²) in [5, 5.41) is 14.1. The van der Waals surface area contributed by atoms with E-state index in [1.165, 1.54) is 5.56 Å². The van der Waals surface area contributed by atoms with Gasteiger partial charge in [0.15, 0.2) is 5.82 Å². The first-order valence-corrected chi connectivity index (χ1v) is 10.9. The van der Waals surface area contributed by atoms with Crippen molar-refractivity contribution in [3.05, 3.63) is 63.9 Å². The molecule has 0 saturated carbocycles. The lowest BCUT2D eigenvalue weighted by Crippen LogP contribution is -2.03. The summed E-state index contributed by atoms with van der Waals surface area (Å²) in [6, 6.07) is 13.8. The molecule has 0 aliphatic carbocycles. The van der Waals surface area contributed by atoms with Crippen LogP contribution in [0.25, 0.3) is 0 Å². The van der Waals surface area contributed by atoms with Crippen LogP contribution in [0.2, 0.25) is 0 Å². The maximum Gasteiger partial charge on any atom is 0.212 e. The minimum absolute atomic E-state index is 0.189. The number of halogens is 1. The van der Waals surface area contributed by atoms with Crippen molar-refractivity contribution in [1.29, 1.82) is 0 Å². The van der Waals surface area contributed by atoms with Crippen LogP contribution in [0.5, 0.6) is 11.5 Å². The van der Waals surface area contributed by atoms with Crippen LogP contribution in [-0.4, -0.2) is 35.3 Å². The Hall–Kier alpha value is -2.32. The van der Waals surface area contributed by atoms with Crippen LogP contribution in [0, 0.1) is 0 Å². The summed E-state index contributed by atoms with van der Waals surface area (Å²) in [7, 11) is 3.27. The Morgan fingerprint density at radius 1 is 1.10 bits per heavy atom. The van der Waals surface area contributed by atoms with Crippen LogP contribution in [0.15, 0.2) is 57.2 Å². The van der Waals surface area contributed by atoms with E-state index in [9.17, 15) is 0 Å². The zero-order valence-electron chi connectivity index (χ0n) is 16.8. The molecule has 1 heterocycles. The lowest BCUT2D eigenvalue weighted by molar-refractivity contribution is 0.402. The molecule has 0 amide bonds. The molecular formula is C21H23BrN4O2S. The predicted octanol–water partition coefficient (Wildman–Crippen LogP) is 5.36. The van der Waals surface area contributed by atoms with Crippen molar-refractivity contribution in [1.82, 2.24) is 14.9 Å². The molecule has 8 heteroatoms. The first kappa shape index (κ1) is 21.4. The van der Waals surface area contributed by atoms with E-state index in [0.717, 1.165) is 38.3 Å². The molecule has 0 saturated heterocycles. The normalized spacial score (nSPS) is 11.4. The van der Waals surface area contributed by atoms with E-state index in [1.807, 2.05) is 30.3 Å². The number of benzene rings is 2. The number of hydrogen-bond donors (Lipinski definition) is 0. The van der Waals surface area contributed by atoms with Crippen LogP contribution in [0.4, 0.5) is 0 Å². The second-order valence-electron chi connectivity index (χ2n) is 6.57. The molecule has 29 heavy (non-hydrogen) atoms. The minimum Gasteiger partial charge on any atom is -0.497 e. The second-order valence-corrected chi connectivity index (χ2v) is 8.43. The zero-order chi connectivity index (χ0) is 20.8. The highest BCUT2D eigenvalue weighted by molar-refractivity contribution is 9.10. The minimum atomic E-state index is 0.189. The SMILES string of the molecule is COc1ccc(OC)c(/C=N\n2c(SCc3ccc(Br)cc3)nnc2C(C)C)c1. The van der Waals surface area contributed by atoms with Crippen molar-refractivity contribution < 1.29 is 9.47 Å². The number of ether oxygens (including phenoxy) is 2. The van der Waals surface area contributed by atoms with Gasteiger partial charge in [-0.1, -0.05) is 53.7 Å². The van der Waals surface area contributed by atoms with Crippen molar-refractivity contribution in [3.8, 4) is 11.5 Å². The molecule has 0 N–H and O–H groups in total. The zero-order valence-corrected chi connectivity index (χ0v) is 19.2. The summed E-state index contributed by atoms with van der Waals surface area (Å²) < 4.78 is 13.6. The van der Waals surface area contributed by atoms with Crippen molar-refractivity contribution in [2.75, 3.05) is 14.2 Å². The standard InChI is InChI=1S/C21H23BrN4O2S/c1-14(2)20-24-25-21(29-13-15-5-7-17(22)8-6-15)26(20)23-12-16-11-18(27-3)9-10-19(16)28-4/h5-12,14H,13H2,1-4H3/b23-12-. The molecule has 0 fully saturated rings. The molecule has 6 nitrogen and oxygen atoms in total. The lowest BCUT2D eigenvalue weighted by Gasteiger charge is -2.09. The van der Waals surface area contributed by atoms with Crippen LogP contribution in [0.1, 0.15) is 36.7 Å². The van der Waals surface area contributed by atoms with Gasteiger partial charge in [-0.25, -0.2) is 0 Å². The van der Waals surface area contributed by atoms with Gasteiger partial charge in [0.2, 0.25) is 5.16 Å². The van der Waals surface area contributed by atoms with Gasteiger partial charge in [-0.3, -0.25) is 0 Å². The summed E-state index contributed by atoms with van der Waals surface area (Å²) in [6.45, 7) is 4.15. The van der Waals surface area contributed by atoms with Crippen LogP contribution >= 0.6 is 27.7 Å². The lowest BCUT2D eigenvalue weighted by atomic mass is 10.2. The maximum absolute atomic E-state index is 5.44. The Kier molecular flexibility index (Phi) is 7.33. The molecule has 0 atom stereocenters. The molecule has 3 rings (SSSR count). The summed E-state index contributed by atoms with van der Waals surface area (Å²) in [5.74, 6) is 3.24. The molecule has 0 radical (unpaired) electrons. The fourth-order valence-corrected chi connectivity index (χ4v) is 3.74. The van der Waals surface area contributed by atoms with E-state index in [-0.39, 0.29) is 5.92 Å². The maximum atomic E-state index is 5.44. The fourth-order valence-electron chi connectivity index (χ4n) is 2.62. The number of nitrogens with zero attached hydrogens (tertiary/aromatic N) is 4. The Balaban J connectivity index is 1.88. The first-order chi connectivity index (χ1) is 14.0. The van der Waals surface area contributed by atoms with Gasteiger partial charge in [-0.15, -0.1) is 10.2 Å². The van der Waals surface area contributed by atoms with Crippen LogP contribution in [-0.2, 0) is 5.75 Å². The van der Waals surface area contributed by atoms with Gasteiger partial charge >= 0.3 is 0 Å². The number of hydrogen-bond acceptors (Lipinski definition) is 6. The van der Waals surface area contributed by atoms with E-state index in [1.54, 1.807) is 36.9 Å². The topological polar surface area (TPSA) is 61.5 Å². The fraction of sp³-hybridized carbons (Fsp3) is 0.286. The van der Waals surface area contributed by atoms with Gasteiger partial charge < -0.3 is 9.47 Å². The third-order valence-corrected chi connectivity index (χ3v) is 5.70. The summed E-state index contributed by atoms with van der Waals surface area (Å²) in [6.07, 6.45) is 1.75. The second kappa shape index (κ2) is 9.93. The van der Waals surface area contributed by atoms with Crippen molar-refractivity contribution in [3.63, 3.8) is 0 Å². The molecule has 0 aliphatic heterocycles. The van der Waals surface area contributed by atoms with Crippen LogP contribution in [0.3, 0.4) is 0 Å². The Bertz CT molecular complexity index is 987. The molecule has 152 valence electrons. The average molecular weight is 475 g/mol. The summed E-state index contributed by atoms with van der Waals surface area (Å²) in [4.78, 5) is 0. The molecule has 3 aromatic rings. The molecule has 0 aliphatic rings. The van der Waals surface area contributed by atoms with Crippen molar-refractivity contribution in [2.45, 2.75) is 30.7 Å². The predicted molar refractivity (Wildman–Crippen MR) is 120 cm³/mol. The highest BCUT2D eigenvalue weighted by Crippen LogP contribution is 2.26. The molecule has 0 unspecified atom stereocenters. The monoisotopic (exact) mass is 474 g/mol. The Morgan fingerprint density at radius 3 is 2.52 bits per heavy atom. The molecular weight excluding hydrogens is 452 g/mol. The molecule has 1 aromatic heterocycles. The van der Waals surface area contributed by atoms with Gasteiger partial charge in [-0.2, -0.15) is 9.78 Å². The quantitative estimate of drug-likeness (QED) is 0.325. The van der Waals surface area contributed by atoms with Crippen molar-refractivity contribution >= 4 is 33.9 Å². The Labute approximate surface area is 183 Å². The van der Waals surface area contributed by atoms with Gasteiger partial charge in [0, 0.05) is 21.7 Å².